The molecule has 2 N–H and O–H groups in total. The number of ether oxygens (including phenoxy) is 2. The predicted molar refractivity (Wildman–Crippen MR) is 90.1 cm³/mol. The van der Waals surface area contributed by atoms with Crippen molar-refractivity contribution in [2.75, 3.05) is 12.4 Å². The molecule has 0 spiro atoms. The lowest BCUT2D eigenvalue weighted by molar-refractivity contribution is -0.111. The normalized spacial score (nSPS) is 11.2. The summed E-state index contributed by atoms with van der Waals surface area (Å²) in [6.07, 6.45) is 1.13. The number of methoxy groups -OCH3 is 1. The van der Waals surface area contributed by atoms with Crippen LogP contribution in [0.1, 0.15) is 15.9 Å². The summed E-state index contributed by atoms with van der Waals surface area (Å²) in [5, 5.41) is 11.6. The van der Waals surface area contributed by atoms with Gasteiger partial charge in [0.15, 0.2) is 0 Å². The molecule has 0 aliphatic carbocycles. The highest BCUT2D eigenvalue weighted by molar-refractivity contribution is 6.06. The Labute approximate surface area is 147 Å². The number of para-hydroxylation sites is 1. The van der Waals surface area contributed by atoms with Gasteiger partial charge in [0.25, 0.3) is 5.91 Å². The lowest BCUT2D eigenvalue weighted by atomic mass is 10.1. The van der Waals surface area contributed by atoms with Gasteiger partial charge in [0.1, 0.15) is 11.5 Å². The van der Waals surface area contributed by atoms with Gasteiger partial charge in [-0.25, -0.2) is 4.79 Å². The van der Waals surface area contributed by atoms with Crippen molar-refractivity contribution in [3.63, 3.8) is 0 Å². The van der Waals surface area contributed by atoms with Gasteiger partial charge in [-0.05, 0) is 36.4 Å². The van der Waals surface area contributed by atoms with Crippen LogP contribution in [0.5, 0.6) is 5.75 Å². The SMILES string of the molecule is CO/C(=C/C(=O)Nc1ccccc1C(=O)O)c1ccc(OC(F)F)cc1. The molecule has 0 saturated carbocycles. The smallest absolute Gasteiger partial charge is 0.387 e. The summed E-state index contributed by atoms with van der Waals surface area (Å²) in [6, 6.07) is 11.5. The summed E-state index contributed by atoms with van der Waals surface area (Å²) in [5.74, 6) is -1.65. The Morgan fingerprint density at radius 3 is 2.35 bits per heavy atom. The van der Waals surface area contributed by atoms with Crippen molar-refractivity contribution in [2.24, 2.45) is 0 Å². The first-order valence-electron chi connectivity index (χ1n) is 7.35. The van der Waals surface area contributed by atoms with Gasteiger partial charge in [0, 0.05) is 11.6 Å². The van der Waals surface area contributed by atoms with E-state index in [9.17, 15) is 18.4 Å². The third kappa shape index (κ3) is 5.04. The number of carboxylic acids is 1. The number of carboxylic acid groups (broad SMARTS) is 1. The molecule has 0 bridgehead atoms. The molecule has 6 nitrogen and oxygen atoms in total. The molecule has 0 saturated heterocycles. The monoisotopic (exact) mass is 363 g/mol. The number of halogens is 2. The summed E-state index contributed by atoms with van der Waals surface area (Å²) in [5.41, 5.74) is 0.537. The molecule has 1 amide bonds. The summed E-state index contributed by atoms with van der Waals surface area (Å²) in [4.78, 5) is 23.3. The number of anilines is 1. The van der Waals surface area contributed by atoms with E-state index in [4.69, 9.17) is 9.84 Å². The quantitative estimate of drug-likeness (QED) is 0.580. The number of rotatable bonds is 7. The summed E-state index contributed by atoms with van der Waals surface area (Å²) < 4.78 is 33.7. The highest BCUT2D eigenvalue weighted by Crippen LogP contribution is 2.21. The number of hydrogen-bond acceptors (Lipinski definition) is 4. The van der Waals surface area contributed by atoms with Crippen LogP contribution in [-0.2, 0) is 9.53 Å². The minimum Gasteiger partial charge on any atom is -0.496 e. The van der Waals surface area contributed by atoms with Crippen LogP contribution >= 0.6 is 0 Å². The fourth-order valence-electron chi connectivity index (χ4n) is 2.13. The molecule has 2 aromatic rings. The van der Waals surface area contributed by atoms with Gasteiger partial charge in [-0.15, -0.1) is 0 Å². The lowest BCUT2D eigenvalue weighted by Crippen LogP contribution is -2.12. The highest BCUT2D eigenvalue weighted by Gasteiger charge is 2.12. The Balaban J connectivity index is 2.18. The Kier molecular flexibility index (Phi) is 6.26. The predicted octanol–water partition coefficient (Wildman–Crippen LogP) is 3.61. The maximum absolute atomic E-state index is 12.2. The number of alkyl halides is 2. The first-order chi connectivity index (χ1) is 12.4. The lowest BCUT2D eigenvalue weighted by Gasteiger charge is -2.10. The van der Waals surface area contributed by atoms with E-state index in [1.807, 2.05) is 0 Å². The van der Waals surface area contributed by atoms with Crippen molar-refractivity contribution in [1.82, 2.24) is 0 Å². The second-order valence-corrected chi connectivity index (χ2v) is 4.96. The molecule has 0 fully saturated rings. The molecular weight excluding hydrogens is 348 g/mol. The third-order valence-electron chi connectivity index (χ3n) is 3.26. The maximum Gasteiger partial charge on any atom is 0.387 e. The Morgan fingerprint density at radius 2 is 1.77 bits per heavy atom. The Bertz CT molecular complexity index is 819. The fraction of sp³-hybridized carbons (Fsp3) is 0.111. The molecule has 2 aromatic carbocycles. The maximum atomic E-state index is 12.2. The van der Waals surface area contributed by atoms with E-state index >= 15 is 0 Å². The van der Waals surface area contributed by atoms with Crippen molar-refractivity contribution in [3.8, 4) is 5.75 Å². The molecule has 0 aromatic heterocycles. The average molecular weight is 363 g/mol. The van der Waals surface area contributed by atoms with E-state index in [1.165, 1.54) is 43.5 Å². The average Bonchev–Trinajstić information content (AvgIpc) is 2.60. The fourth-order valence-corrected chi connectivity index (χ4v) is 2.13. The van der Waals surface area contributed by atoms with Crippen molar-refractivity contribution in [2.45, 2.75) is 6.61 Å². The second-order valence-electron chi connectivity index (χ2n) is 4.96. The summed E-state index contributed by atoms with van der Waals surface area (Å²) in [6.45, 7) is -2.93. The van der Waals surface area contributed by atoms with Gasteiger partial charge in [-0.1, -0.05) is 12.1 Å². The van der Waals surface area contributed by atoms with Gasteiger partial charge < -0.3 is 19.9 Å². The van der Waals surface area contributed by atoms with Gasteiger partial charge >= 0.3 is 12.6 Å². The molecular formula is C18H15F2NO5. The van der Waals surface area contributed by atoms with Crippen LogP contribution in [0.2, 0.25) is 0 Å². The largest absolute Gasteiger partial charge is 0.496 e. The zero-order valence-electron chi connectivity index (χ0n) is 13.6. The van der Waals surface area contributed by atoms with E-state index in [2.05, 4.69) is 10.1 Å². The third-order valence-corrected chi connectivity index (χ3v) is 3.26. The minimum absolute atomic E-state index is 0.0287. The molecule has 0 radical (unpaired) electrons. The van der Waals surface area contributed by atoms with E-state index in [1.54, 1.807) is 12.1 Å². The van der Waals surface area contributed by atoms with Crippen LogP contribution in [-0.4, -0.2) is 30.7 Å². The van der Waals surface area contributed by atoms with Gasteiger partial charge in [0.2, 0.25) is 0 Å². The van der Waals surface area contributed by atoms with Crippen molar-refractivity contribution in [3.05, 3.63) is 65.7 Å². The van der Waals surface area contributed by atoms with Crippen LogP contribution in [0.15, 0.2) is 54.6 Å². The Morgan fingerprint density at radius 1 is 1.12 bits per heavy atom. The van der Waals surface area contributed by atoms with Crippen molar-refractivity contribution < 1.29 is 33.0 Å². The second kappa shape index (κ2) is 8.61. The molecule has 136 valence electrons. The van der Waals surface area contributed by atoms with Crippen LogP contribution < -0.4 is 10.1 Å². The number of benzene rings is 2. The first-order valence-corrected chi connectivity index (χ1v) is 7.35. The zero-order valence-corrected chi connectivity index (χ0v) is 13.6. The topological polar surface area (TPSA) is 84.9 Å². The van der Waals surface area contributed by atoms with Crippen LogP contribution in [0, 0.1) is 0 Å². The molecule has 0 aliphatic heterocycles. The number of nitrogens with one attached hydrogen (secondary N) is 1. The number of amides is 1. The van der Waals surface area contributed by atoms with Gasteiger partial charge in [-0.2, -0.15) is 8.78 Å². The van der Waals surface area contributed by atoms with Gasteiger partial charge in [-0.3, -0.25) is 4.79 Å². The summed E-state index contributed by atoms with van der Waals surface area (Å²) >= 11 is 0. The number of carbonyl (C=O) groups is 2. The van der Waals surface area contributed by atoms with Crippen LogP contribution in [0.4, 0.5) is 14.5 Å². The minimum atomic E-state index is -2.93. The van der Waals surface area contributed by atoms with E-state index in [0.29, 0.717) is 5.56 Å². The van der Waals surface area contributed by atoms with E-state index < -0.39 is 18.5 Å². The number of carbonyl (C=O) groups excluding carboxylic acids is 1. The van der Waals surface area contributed by atoms with Crippen molar-refractivity contribution >= 4 is 23.3 Å². The molecule has 26 heavy (non-hydrogen) atoms. The number of hydrogen-bond donors (Lipinski definition) is 2. The van der Waals surface area contributed by atoms with Crippen molar-refractivity contribution in [1.29, 1.82) is 0 Å². The molecule has 0 aliphatic rings. The van der Waals surface area contributed by atoms with Crippen LogP contribution in [0.25, 0.3) is 5.76 Å². The highest BCUT2D eigenvalue weighted by atomic mass is 19.3. The zero-order chi connectivity index (χ0) is 19.1. The summed E-state index contributed by atoms with van der Waals surface area (Å²) in [7, 11) is 1.34. The molecule has 0 heterocycles. The van der Waals surface area contributed by atoms with Crippen LogP contribution in [0.3, 0.4) is 0 Å². The molecule has 2 rings (SSSR count). The standard InChI is InChI=1S/C18H15F2NO5/c1-25-15(11-6-8-12(9-7-11)26-18(19)20)10-16(22)21-14-5-3-2-4-13(14)17(23)24/h2-10,18H,1H3,(H,21,22)(H,23,24)/b15-10+. The molecule has 8 heteroatoms. The number of aromatic carboxylic acids is 1. The molecule has 0 unspecified atom stereocenters. The van der Waals surface area contributed by atoms with E-state index in [0.717, 1.165) is 6.08 Å². The molecule has 0 atom stereocenters. The van der Waals surface area contributed by atoms with E-state index in [-0.39, 0.29) is 22.8 Å². The van der Waals surface area contributed by atoms with Gasteiger partial charge in [0.05, 0.1) is 18.4 Å². The Hall–Kier alpha value is -3.42. The first kappa shape index (κ1) is 18.9.